The lowest BCUT2D eigenvalue weighted by Gasteiger charge is -2.20. The average Bonchev–Trinajstić information content (AvgIpc) is 2.76. The molecule has 1 saturated heterocycles. The van der Waals surface area contributed by atoms with E-state index in [2.05, 4.69) is 27.9 Å². The van der Waals surface area contributed by atoms with E-state index in [0.29, 0.717) is 13.0 Å². The van der Waals surface area contributed by atoms with Gasteiger partial charge in [0, 0.05) is 9.26 Å². The zero-order chi connectivity index (χ0) is 13.8. The summed E-state index contributed by atoms with van der Waals surface area (Å²) in [6.07, 6.45) is 1.44. The molecular weight excluding hydrogens is 359 g/mol. The number of carbonyl (C=O) groups is 2. The van der Waals surface area contributed by atoms with Crippen molar-refractivity contribution in [1.82, 2.24) is 4.90 Å². The number of hydrogen-bond donors (Lipinski definition) is 2. The monoisotopic (exact) mass is 374 g/mol. The number of carboxylic acid groups (broad SMARTS) is 1. The van der Waals surface area contributed by atoms with Crippen LogP contribution in [0.5, 0.6) is 0 Å². The molecule has 1 fully saturated rings. The van der Waals surface area contributed by atoms with Crippen molar-refractivity contribution in [3.63, 3.8) is 0 Å². The van der Waals surface area contributed by atoms with Gasteiger partial charge in [-0.2, -0.15) is 0 Å². The molecule has 1 amide bonds. The molecule has 1 aromatic carbocycles. The zero-order valence-electron chi connectivity index (χ0n) is 10.3. The highest BCUT2D eigenvalue weighted by atomic mass is 127. The molecule has 0 saturated carbocycles. The first-order valence-electron chi connectivity index (χ1n) is 6.08. The summed E-state index contributed by atoms with van der Waals surface area (Å²) in [6.45, 7) is 0.791. The number of carboxylic acids is 1. The van der Waals surface area contributed by atoms with Gasteiger partial charge < -0.3 is 10.4 Å². The van der Waals surface area contributed by atoms with Crippen molar-refractivity contribution in [2.75, 3.05) is 18.4 Å². The Bertz CT molecular complexity index is 493. The summed E-state index contributed by atoms with van der Waals surface area (Å²) >= 11 is 2.17. The van der Waals surface area contributed by atoms with E-state index >= 15 is 0 Å². The van der Waals surface area contributed by atoms with Gasteiger partial charge in [0.15, 0.2) is 0 Å². The fourth-order valence-electron chi connectivity index (χ4n) is 2.25. The fraction of sp³-hybridized carbons (Fsp3) is 0.385. The van der Waals surface area contributed by atoms with E-state index < -0.39 is 12.0 Å². The second kappa shape index (κ2) is 6.33. The van der Waals surface area contributed by atoms with Crippen LogP contribution in [-0.4, -0.2) is 41.0 Å². The largest absolute Gasteiger partial charge is 0.480 e. The van der Waals surface area contributed by atoms with Crippen molar-refractivity contribution in [1.29, 1.82) is 0 Å². The quantitative estimate of drug-likeness (QED) is 0.789. The second-order valence-corrected chi connectivity index (χ2v) is 5.77. The van der Waals surface area contributed by atoms with E-state index in [0.717, 1.165) is 15.7 Å². The Balaban J connectivity index is 1.92. The van der Waals surface area contributed by atoms with Gasteiger partial charge in [-0.3, -0.25) is 14.5 Å². The Hall–Kier alpha value is -1.15. The first-order chi connectivity index (χ1) is 9.06. The maximum Gasteiger partial charge on any atom is 0.320 e. The number of nitrogens with one attached hydrogen (secondary N) is 1. The summed E-state index contributed by atoms with van der Waals surface area (Å²) in [5.74, 6) is -1.02. The van der Waals surface area contributed by atoms with Crippen molar-refractivity contribution in [3.8, 4) is 0 Å². The van der Waals surface area contributed by atoms with E-state index in [-0.39, 0.29) is 12.5 Å². The number of benzene rings is 1. The van der Waals surface area contributed by atoms with Crippen molar-refractivity contribution < 1.29 is 14.7 Å². The van der Waals surface area contributed by atoms with Crippen molar-refractivity contribution in [3.05, 3.63) is 27.8 Å². The van der Waals surface area contributed by atoms with Gasteiger partial charge >= 0.3 is 5.97 Å². The number of hydrogen-bond acceptors (Lipinski definition) is 3. The highest BCUT2D eigenvalue weighted by Gasteiger charge is 2.31. The van der Waals surface area contributed by atoms with Crippen molar-refractivity contribution in [2.45, 2.75) is 18.9 Å². The van der Waals surface area contributed by atoms with Crippen LogP contribution in [0.25, 0.3) is 0 Å². The summed E-state index contributed by atoms with van der Waals surface area (Å²) in [6, 6.07) is 6.97. The van der Waals surface area contributed by atoms with Crippen LogP contribution in [0.1, 0.15) is 12.8 Å². The highest BCUT2D eigenvalue weighted by Crippen LogP contribution is 2.17. The Morgan fingerprint density at radius 3 is 2.95 bits per heavy atom. The van der Waals surface area contributed by atoms with Gasteiger partial charge in [-0.25, -0.2) is 0 Å². The number of halogens is 1. The lowest BCUT2D eigenvalue weighted by atomic mass is 10.2. The SMILES string of the molecule is O=C(CN1CCC[C@H]1C(=O)O)Nc1cccc(I)c1. The van der Waals surface area contributed by atoms with Crippen LogP contribution in [0.3, 0.4) is 0 Å². The lowest BCUT2D eigenvalue weighted by molar-refractivity contribution is -0.142. The molecule has 0 bridgehead atoms. The molecule has 102 valence electrons. The summed E-state index contributed by atoms with van der Waals surface area (Å²) in [5.41, 5.74) is 0.739. The van der Waals surface area contributed by atoms with E-state index in [1.165, 1.54) is 0 Å². The maximum atomic E-state index is 11.9. The predicted molar refractivity (Wildman–Crippen MR) is 80.0 cm³/mol. The third-order valence-corrected chi connectivity index (χ3v) is 3.77. The van der Waals surface area contributed by atoms with Crippen LogP contribution in [0, 0.1) is 3.57 Å². The normalized spacial score (nSPS) is 19.3. The number of anilines is 1. The Morgan fingerprint density at radius 1 is 1.47 bits per heavy atom. The molecule has 0 spiro atoms. The first-order valence-corrected chi connectivity index (χ1v) is 7.16. The van der Waals surface area contributed by atoms with Crippen LogP contribution < -0.4 is 5.32 Å². The van der Waals surface area contributed by atoms with Crippen molar-refractivity contribution >= 4 is 40.2 Å². The molecule has 0 aliphatic carbocycles. The molecule has 1 aliphatic heterocycles. The summed E-state index contributed by atoms with van der Waals surface area (Å²) in [7, 11) is 0. The van der Waals surface area contributed by atoms with Crippen LogP contribution >= 0.6 is 22.6 Å². The summed E-state index contributed by atoms with van der Waals surface area (Å²) in [5, 5.41) is 11.8. The number of rotatable bonds is 4. The molecule has 1 aliphatic rings. The standard InChI is InChI=1S/C13H15IN2O3/c14-9-3-1-4-10(7-9)15-12(17)8-16-6-2-5-11(16)13(18)19/h1,3-4,7,11H,2,5-6,8H2,(H,15,17)(H,18,19)/t11-/m0/s1. The summed E-state index contributed by atoms with van der Waals surface area (Å²) in [4.78, 5) is 24.6. The fourth-order valence-corrected chi connectivity index (χ4v) is 2.79. The molecule has 5 nitrogen and oxygen atoms in total. The van der Waals surface area contributed by atoms with Crippen LogP contribution in [0.2, 0.25) is 0 Å². The highest BCUT2D eigenvalue weighted by molar-refractivity contribution is 14.1. The Kier molecular flexibility index (Phi) is 4.76. The third kappa shape index (κ3) is 3.90. The molecule has 1 aromatic rings. The van der Waals surface area contributed by atoms with E-state index in [4.69, 9.17) is 5.11 Å². The van der Waals surface area contributed by atoms with Crippen LogP contribution in [0.15, 0.2) is 24.3 Å². The van der Waals surface area contributed by atoms with Gasteiger partial charge in [0.25, 0.3) is 0 Å². The molecule has 2 N–H and O–H groups in total. The van der Waals surface area contributed by atoms with Crippen LogP contribution in [0.4, 0.5) is 5.69 Å². The smallest absolute Gasteiger partial charge is 0.320 e. The topological polar surface area (TPSA) is 69.6 Å². The number of likely N-dealkylation sites (tertiary alicyclic amines) is 1. The third-order valence-electron chi connectivity index (χ3n) is 3.10. The van der Waals surface area contributed by atoms with E-state index in [1.54, 1.807) is 4.90 Å². The lowest BCUT2D eigenvalue weighted by Crippen LogP contribution is -2.40. The summed E-state index contributed by atoms with van der Waals surface area (Å²) < 4.78 is 1.04. The Labute approximate surface area is 125 Å². The van der Waals surface area contributed by atoms with Gasteiger partial charge in [-0.1, -0.05) is 6.07 Å². The number of nitrogens with zero attached hydrogens (tertiary/aromatic N) is 1. The molecule has 1 atom stereocenters. The maximum absolute atomic E-state index is 11.9. The average molecular weight is 374 g/mol. The molecule has 0 radical (unpaired) electrons. The second-order valence-electron chi connectivity index (χ2n) is 4.53. The number of carbonyl (C=O) groups excluding carboxylic acids is 1. The molecule has 1 heterocycles. The van der Waals surface area contributed by atoms with Gasteiger partial charge in [-0.05, 0) is 60.2 Å². The Morgan fingerprint density at radius 2 is 2.26 bits per heavy atom. The molecule has 0 unspecified atom stereocenters. The molecule has 0 aromatic heterocycles. The van der Waals surface area contributed by atoms with Gasteiger partial charge in [0.2, 0.25) is 5.91 Å². The van der Waals surface area contributed by atoms with Gasteiger partial charge in [0.1, 0.15) is 6.04 Å². The van der Waals surface area contributed by atoms with Crippen LogP contribution in [-0.2, 0) is 9.59 Å². The van der Waals surface area contributed by atoms with Crippen molar-refractivity contribution in [2.24, 2.45) is 0 Å². The molecular formula is C13H15IN2O3. The minimum Gasteiger partial charge on any atom is -0.480 e. The molecule has 2 rings (SSSR count). The van der Waals surface area contributed by atoms with Gasteiger partial charge in [0.05, 0.1) is 6.54 Å². The minimum absolute atomic E-state index is 0.127. The minimum atomic E-state index is -0.848. The van der Waals surface area contributed by atoms with Gasteiger partial charge in [-0.15, -0.1) is 0 Å². The number of aliphatic carboxylic acids is 1. The predicted octanol–water partition coefficient (Wildman–Crippen LogP) is 1.78. The number of amides is 1. The molecule has 19 heavy (non-hydrogen) atoms. The zero-order valence-corrected chi connectivity index (χ0v) is 12.5. The molecule has 6 heteroatoms. The van der Waals surface area contributed by atoms with E-state index in [1.807, 2.05) is 24.3 Å². The first kappa shape index (κ1) is 14.3. The van der Waals surface area contributed by atoms with E-state index in [9.17, 15) is 9.59 Å².